The van der Waals surface area contributed by atoms with Crippen LogP contribution in [-0.4, -0.2) is 9.78 Å². The summed E-state index contributed by atoms with van der Waals surface area (Å²) in [5.74, 6) is -0.437. The summed E-state index contributed by atoms with van der Waals surface area (Å²) in [6.45, 7) is 5.56. The van der Waals surface area contributed by atoms with Crippen LogP contribution in [0, 0.1) is 5.95 Å². The second-order valence-corrected chi connectivity index (χ2v) is 4.63. The van der Waals surface area contributed by atoms with E-state index in [0.29, 0.717) is 0 Å². The summed E-state index contributed by atoms with van der Waals surface area (Å²) in [4.78, 5) is 0. The molecule has 0 saturated carbocycles. The molecule has 0 atom stereocenters. The van der Waals surface area contributed by atoms with E-state index in [1.807, 2.05) is 20.8 Å². The zero-order chi connectivity index (χ0) is 9.52. The van der Waals surface area contributed by atoms with Gasteiger partial charge in [-0.15, -0.1) is 0 Å². The molecular formula is C7H9BrClFN2. The molecule has 0 saturated heterocycles. The van der Waals surface area contributed by atoms with Crippen molar-refractivity contribution in [3.8, 4) is 0 Å². The molecule has 1 aromatic heterocycles. The Morgan fingerprint density at radius 3 is 2.17 bits per heavy atom. The molecule has 1 rings (SSSR count). The molecule has 2 nitrogen and oxygen atoms in total. The molecule has 0 N–H and O–H groups in total. The molecule has 0 spiro atoms. The minimum atomic E-state index is -0.437. The summed E-state index contributed by atoms with van der Waals surface area (Å²) in [6, 6.07) is 0. The molecule has 68 valence electrons. The van der Waals surface area contributed by atoms with Gasteiger partial charge in [-0.2, -0.15) is 9.49 Å². The van der Waals surface area contributed by atoms with Crippen molar-refractivity contribution in [1.29, 1.82) is 0 Å². The van der Waals surface area contributed by atoms with E-state index >= 15 is 0 Å². The van der Waals surface area contributed by atoms with Gasteiger partial charge in [0, 0.05) is 0 Å². The van der Waals surface area contributed by atoms with Crippen molar-refractivity contribution >= 4 is 27.5 Å². The molecule has 0 bridgehead atoms. The lowest BCUT2D eigenvalue weighted by Crippen LogP contribution is -2.24. The molecular weight excluding hydrogens is 246 g/mol. The maximum absolute atomic E-state index is 13.3. The second-order valence-electron chi connectivity index (χ2n) is 3.48. The summed E-state index contributed by atoms with van der Waals surface area (Å²) < 4.78 is 14.8. The van der Waals surface area contributed by atoms with E-state index in [4.69, 9.17) is 11.6 Å². The van der Waals surface area contributed by atoms with Crippen molar-refractivity contribution in [2.45, 2.75) is 26.3 Å². The van der Waals surface area contributed by atoms with Crippen molar-refractivity contribution in [3.05, 3.63) is 15.6 Å². The Bertz CT molecular complexity index is 303. The number of rotatable bonds is 0. The number of hydrogen-bond donors (Lipinski definition) is 0. The molecule has 0 aliphatic carbocycles. The van der Waals surface area contributed by atoms with E-state index in [2.05, 4.69) is 21.0 Å². The predicted molar refractivity (Wildman–Crippen MR) is 49.9 cm³/mol. The normalized spacial score (nSPS) is 12.2. The van der Waals surface area contributed by atoms with E-state index in [1.54, 1.807) is 0 Å². The molecule has 1 heterocycles. The zero-order valence-electron chi connectivity index (χ0n) is 7.03. The van der Waals surface area contributed by atoms with Gasteiger partial charge in [0.15, 0.2) is 5.15 Å². The lowest BCUT2D eigenvalue weighted by molar-refractivity contribution is 0.298. The van der Waals surface area contributed by atoms with Crippen molar-refractivity contribution in [2.24, 2.45) is 0 Å². The number of aromatic nitrogens is 2. The van der Waals surface area contributed by atoms with Crippen LogP contribution in [0.4, 0.5) is 4.39 Å². The van der Waals surface area contributed by atoms with Gasteiger partial charge in [-0.1, -0.05) is 11.6 Å². The Morgan fingerprint density at radius 2 is 2.00 bits per heavy atom. The molecule has 0 aliphatic heterocycles. The van der Waals surface area contributed by atoms with Gasteiger partial charge >= 0.3 is 0 Å². The zero-order valence-corrected chi connectivity index (χ0v) is 9.37. The van der Waals surface area contributed by atoms with Gasteiger partial charge in [-0.3, -0.25) is 0 Å². The summed E-state index contributed by atoms with van der Waals surface area (Å²) in [5.41, 5.74) is -0.389. The third-order valence-electron chi connectivity index (χ3n) is 1.37. The standard InChI is InChI=1S/C7H9BrClFN2/c1-7(2,3)12-6(10)4(8)5(9)11-12/h1-3H3. The Balaban J connectivity index is 3.28. The average molecular weight is 256 g/mol. The van der Waals surface area contributed by atoms with Gasteiger partial charge in [-0.25, -0.2) is 4.68 Å². The van der Waals surface area contributed by atoms with E-state index in [9.17, 15) is 4.39 Å². The minimum Gasteiger partial charge on any atom is -0.232 e. The second kappa shape index (κ2) is 3.00. The molecule has 0 aromatic carbocycles. The number of nitrogens with zero attached hydrogens (tertiary/aromatic N) is 2. The maximum Gasteiger partial charge on any atom is 0.227 e. The topological polar surface area (TPSA) is 17.8 Å². The lowest BCUT2D eigenvalue weighted by Gasteiger charge is -2.19. The SMILES string of the molecule is CC(C)(C)n1nc(Cl)c(Br)c1F. The van der Waals surface area contributed by atoms with E-state index in [-0.39, 0.29) is 15.2 Å². The molecule has 0 amide bonds. The summed E-state index contributed by atoms with van der Waals surface area (Å²) in [7, 11) is 0. The van der Waals surface area contributed by atoms with Gasteiger partial charge in [-0.05, 0) is 36.7 Å². The van der Waals surface area contributed by atoms with Crippen molar-refractivity contribution < 1.29 is 4.39 Å². The Hall–Kier alpha value is -0.0900. The fourth-order valence-corrected chi connectivity index (χ4v) is 1.20. The Kier molecular flexibility index (Phi) is 2.50. The van der Waals surface area contributed by atoms with Crippen LogP contribution >= 0.6 is 27.5 Å². The van der Waals surface area contributed by atoms with Crippen molar-refractivity contribution in [3.63, 3.8) is 0 Å². The molecule has 1 aromatic rings. The summed E-state index contributed by atoms with van der Waals surface area (Å²) in [5, 5.41) is 4.00. The third kappa shape index (κ3) is 1.64. The van der Waals surface area contributed by atoms with Gasteiger partial charge in [0.2, 0.25) is 5.95 Å². The van der Waals surface area contributed by atoms with Crippen LogP contribution in [-0.2, 0) is 5.54 Å². The van der Waals surface area contributed by atoms with Crippen LogP contribution in [0.3, 0.4) is 0 Å². The fraction of sp³-hybridized carbons (Fsp3) is 0.571. The first-order chi connectivity index (χ1) is 5.34. The van der Waals surface area contributed by atoms with E-state index in [0.717, 1.165) is 0 Å². The Morgan fingerprint density at radius 1 is 1.50 bits per heavy atom. The number of halogens is 3. The first kappa shape index (κ1) is 9.99. The maximum atomic E-state index is 13.3. The first-order valence-electron chi connectivity index (χ1n) is 3.44. The highest BCUT2D eigenvalue weighted by Crippen LogP contribution is 2.27. The molecule has 0 unspecified atom stereocenters. The highest BCUT2D eigenvalue weighted by molar-refractivity contribution is 9.10. The number of hydrogen-bond acceptors (Lipinski definition) is 1. The molecule has 0 radical (unpaired) electrons. The van der Waals surface area contributed by atoms with Gasteiger partial charge < -0.3 is 0 Å². The van der Waals surface area contributed by atoms with Crippen LogP contribution in [0.2, 0.25) is 5.15 Å². The van der Waals surface area contributed by atoms with Gasteiger partial charge in [0.05, 0.1) is 5.54 Å². The molecule has 5 heteroatoms. The van der Waals surface area contributed by atoms with Crippen LogP contribution in [0.5, 0.6) is 0 Å². The molecule has 12 heavy (non-hydrogen) atoms. The van der Waals surface area contributed by atoms with Crippen LogP contribution in [0.25, 0.3) is 0 Å². The van der Waals surface area contributed by atoms with Crippen LogP contribution in [0.1, 0.15) is 20.8 Å². The lowest BCUT2D eigenvalue weighted by atomic mass is 10.1. The summed E-state index contributed by atoms with van der Waals surface area (Å²) in [6.07, 6.45) is 0. The first-order valence-corrected chi connectivity index (χ1v) is 4.61. The van der Waals surface area contributed by atoms with Gasteiger partial charge in [0.25, 0.3) is 0 Å². The quantitative estimate of drug-likeness (QED) is 0.696. The van der Waals surface area contributed by atoms with Crippen LogP contribution < -0.4 is 0 Å². The Labute approximate surface area is 83.8 Å². The largest absolute Gasteiger partial charge is 0.232 e. The highest BCUT2D eigenvalue weighted by atomic mass is 79.9. The average Bonchev–Trinajstić information content (AvgIpc) is 2.15. The smallest absolute Gasteiger partial charge is 0.227 e. The van der Waals surface area contributed by atoms with Gasteiger partial charge in [0.1, 0.15) is 4.47 Å². The third-order valence-corrected chi connectivity index (χ3v) is 2.57. The van der Waals surface area contributed by atoms with Crippen molar-refractivity contribution in [1.82, 2.24) is 9.78 Å². The summed E-state index contributed by atoms with van der Waals surface area (Å²) >= 11 is 8.62. The molecule has 0 fully saturated rings. The monoisotopic (exact) mass is 254 g/mol. The highest BCUT2D eigenvalue weighted by Gasteiger charge is 2.22. The van der Waals surface area contributed by atoms with Crippen LogP contribution in [0.15, 0.2) is 4.47 Å². The van der Waals surface area contributed by atoms with Crippen molar-refractivity contribution in [2.75, 3.05) is 0 Å². The predicted octanol–water partition coefficient (Wildman–Crippen LogP) is 3.19. The minimum absolute atomic E-state index is 0.155. The van der Waals surface area contributed by atoms with E-state index < -0.39 is 5.95 Å². The fourth-order valence-electron chi connectivity index (χ4n) is 0.798. The van der Waals surface area contributed by atoms with E-state index in [1.165, 1.54) is 4.68 Å². The molecule has 0 aliphatic rings.